The predicted molar refractivity (Wildman–Crippen MR) is 99.6 cm³/mol. The van der Waals surface area contributed by atoms with E-state index in [4.69, 9.17) is 4.74 Å². The van der Waals surface area contributed by atoms with Gasteiger partial charge in [0.15, 0.2) is 0 Å². The van der Waals surface area contributed by atoms with Gasteiger partial charge in [0, 0.05) is 32.2 Å². The Morgan fingerprint density at radius 3 is 2.76 bits per heavy atom. The SMILES string of the molecule is O=C(NCCCN1CCO[C@H](c2ccccc2)C1)NC1CCCCC1. The van der Waals surface area contributed by atoms with Gasteiger partial charge < -0.3 is 15.4 Å². The molecule has 1 heterocycles. The maximum absolute atomic E-state index is 11.9. The second-order valence-electron chi connectivity index (χ2n) is 7.16. The first-order valence-corrected chi connectivity index (χ1v) is 9.74. The van der Waals surface area contributed by atoms with Crippen LogP contribution in [0.5, 0.6) is 0 Å². The topological polar surface area (TPSA) is 53.6 Å². The molecule has 0 unspecified atom stereocenters. The van der Waals surface area contributed by atoms with Crippen molar-refractivity contribution in [3.05, 3.63) is 35.9 Å². The molecule has 1 aromatic rings. The van der Waals surface area contributed by atoms with E-state index in [1.54, 1.807) is 0 Å². The standard InChI is InChI=1S/C20H31N3O2/c24-20(22-18-10-5-2-6-11-18)21-12-7-13-23-14-15-25-19(16-23)17-8-3-1-4-9-17/h1,3-4,8-9,18-19H,2,5-7,10-16H2,(H2,21,22,24)/t19-/m0/s1. The lowest BCUT2D eigenvalue weighted by molar-refractivity contribution is -0.0301. The van der Waals surface area contributed by atoms with Crippen LogP contribution in [0.2, 0.25) is 0 Å². The van der Waals surface area contributed by atoms with Gasteiger partial charge in [-0.2, -0.15) is 0 Å². The lowest BCUT2D eigenvalue weighted by Gasteiger charge is -2.33. The molecule has 1 atom stereocenters. The van der Waals surface area contributed by atoms with Gasteiger partial charge in [-0.1, -0.05) is 49.6 Å². The normalized spacial score (nSPS) is 22.5. The summed E-state index contributed by atoms with van der Waals surface area (Å²) in [6.07, 6.45) is 7.18. The molecule has 0 radical (unpaired) electrons. The first kappa shape index (κ1) is 18.2. The van der Waals surface area contributed by atoms with Gasteiger partial charge in [0.2, 0.25) is 0 Å². The van der Waals surface area contributed by atoms with Crippen molar-refractivity contribution in [1.82, 2.24) is 15.5 Å². The number of carbonyl (C=O) groups excluding carboxylic acids is 1. The van der Waals surface area contributed by atoms with E-state index in [2.05, 4.69) is 39.8 Å². The highest BCUT2D eigenvalue weighted by Crippen LogP contribution is 2.21. The number of benzene rings is 1. The third-order valence-corrected chi connectivity index (χ3v) is 5.20. The summed E-state index contributed by atoms with van der Waals surface area (Å²) in [5.41, 5.74) is 1.25. The summed E-state index contributed by atoms with van der Waals surface area (Å²) < 4.78 is 5.90. The molecule has 1 aliphatic carbocycles. The minimum absolute atomic E-state index is 0.00367. The molecule has 2 aliphatic rings. The third kappa shape index (κ3) is 6.01. The van der Waals surface area contributed by atoms with Gasteiger partial charge in [0.25, 0.3) is 0 Å². The fraction of sp³-hybridized carbons (Fsp3) is 0.650. The van der Waals surface area contributed by atoms with E-state index < -0.39 is 0 Å². The molecule has 0 aromatic heterocycles. The first-order valence-electron chi connectivity index (χ1n) is 9.74. The number of urea groups is 1. The first-order chi connectivity index (χ1) is 12.3. The Bertz CT molecular complexity index is 517. The molecule has 5 nitrogen and oxygen atoms in total. The van der Waals surface area contributed by atoms with E-state index in [0.29, 0.717) is 6.04 Å². The van der Waals surface area contributed by atoms with Crippen LogP contribution < -0.4 is 10.6 Å². The molecule has 2 fully saturated rings. The summed E-state index contributed by atoms with van der Waals surface area (Å²) in [6, 6.07) is 10.8. The van der Waals surface area contributed by atoms with Crippen LogP contribution >= 0.6 is 0 Å². The molecule has 5 heteroatoms. The highest BCUT2D eigenvalue weighted by Gasteiger charge is 2.21. The molecule has 2 amide bonds. The molecular formula is C20H31N3O2. The zero-order chi connectivity index (χ0) is 17.3. The molecule has 0 bridgehead atoms. The van der Waals surface area contributed by atoms with E-state index >= 15 is 0 Å². The minimum Gasteiger partial charge on any atom is -0.371 e. The summed E-state index contributed by atoms with van der Waals surface area (Å²) in [6.45, 7) is 4.40. The van der Waals surface area contributed by atoms with Gasteiger partial charge in [-0.25, -0.2) is 4.79 Å². The Morgan fingerprint density at radius 1 is 1.16 bits per heavy atom. The Balaban J connectivity index is 1.31. The van der Waals surface area contributed by atoms with Crippen molar-refractivity contribution in [2.24, 2.45) is 0 Å². The van der Waals surface area contributed by atoms with E-state index in [1.807, 2.05) is 6.07 Å². The number of nitrogens with one attached hydrogen (secondary N) is 2. The van der Waals surface area contributed by atoms with Gasteiger partial charge in [-0.3, -0.25) is 4.90 Å². The highest BCUT2D eigenvalue weighted by molar-refractivity contribution is 5.74. The average molecular weight is 345 g/mol. The van der Waals surface area contributed by atoms with Crippen LogP contribution in [0.15, 0.2) is 30.3 Å². The second-order valence-corrected chi connectivity index (χ2v) is 7.16. The monoisotopic (exact) mass is 345 g/mol. The fourth-order valence-corrected chi connectivity index (χ4v) is 3.76. The molecular weight excluding hydrogens is 314 g/mol. The maximum Gasteiger partial charge on any atom is 0.315 e. The van der Waals surface area contributed by atoms with Crippen LogP contribution in [0.1, 0.15) is 50.2 Å². The summed E-state index contributed by atoms with van der Waals surface area (Å²) in [5, 5.41) is 6.11. The van der Waals surface area contributed by atoms with Crippen LogP contribution in [0.4, 0.5) is 4.79 Å². The summed E-state index contributed by atoms with van der Waals surface area (Å²) >= 11 is 0. The van der Waals surface area contributed by atoms with Gasteiger partial charge in [0.05, 0.1) is 12.7 Å². The summed E-state index contributed by atoms with van der Waals surface area (Å²) in [5.74, 6) is 0. The van der Waals surface area contributed by atoms with Gasteiger partial charge in [0.1, 0.15) is 0 Å². The molecule has 1 saturated heterocycles. The minimum atomic E-state index is -0.00367. The van der Waals surface area contributed by atoms with Crippen LogP contribution in [-0.4, -0.2) is 49.8 Å². The van der Waals surface area contributed by atoms with Crippen molar-refractivity contribution in [2.45, 2.75) is 50.7 Å². The largest absolute Gasteiger partial charge is 0.371 e. The van der Waals surface area contributed by atoms with Crippen LogP contribution in [0, 0.1) is 0 Å². The zero-order valence-electron chi connectivity index (χ0n) is 15.1. The third-order valence-electron chi connectivity index (χ3n) is 5.20. The Labute approximate surface area is 151 Å². The Kier molecular flexibility index (Phi) is 7.12. The molecule has 25 heavy (non-hydrogen) atoms. The summed E-state index contributed by atoms with van der Waals surface area (Å²) in [7, 11) is 0. The number of hydrogen-bond donors (Lipinski definition) is 2. The molecule has 0 spiro atoms. The van der Waals surface area contributed by atoms with Crippen molar-refractivity contribution in [3.8, 4) is 0 Å². The number of morpholine rings is 1. The van der Waals surface area contributed by atoms with Crippen molar-refractivity contribution >= 4 is 6.03 Å². The number of carbonyl (C=O) groups is 1. The number of amides is 2. The van der Waals surface area contributed by atoms with Crippen LogP contribution in [0.25, 0.3) is 0 Å². The maximum atomic E-state index is 11.9. The Hall–Kier alpha value is -1.59. The van der Waals surface area contributed by atoms with Crippen molar-refractivity contribution in [2.75, 3.05) is 32.8 Å². The fourth-order valence-electron chi connectivity index (χ4n) is 3.76. The molecule has 138 valence electrons. The van der Waals surface area contributed by atoms with Crippen molar-refractivity contribution in [3.63, 3.8) is 0 Å². The second kappa shape index (κ2) is 9.78. The quantitative estimate of drug-likeness (QED) is 0.779. The average Bonchev–Trinajstić information content (AvgIpc) is 2.67. The zero-order valence-corrected chi connectivity index (χ0v) is 15.1. The van der Waals surface area contributed by atoms with Crippen LogP contribution in [0.3, 0.4) is 0 Å². The molecule has 1 aliphatic heterocycles. The van der Waals surface area contributed by atoms with Crippen molar-refractivity contribution < 1.29 is 9.53 Å². The van der Waals surface area contributed by atoms with E-state index in [0.717, 1.165) is 52.0 Å². The Morgan fingerprint density at radius 2 is 1.96 bits per heavy atom. The number of rotatable bonds is 6. The van der Waals surface area contributed by atoms with E-state index in [1.165, 1.54) is 24.8 Å². The molecule has 3 rings (SSSR count). The van der Waals surface area contributed by atoms with Gasteiger partial charge in [-0.15, -0.1) is 0 Å². The van der Waals surface area contributed by atoms with E-state index in [-0.39, 0.29) is 12.1 Å². The lowest BCUT2D eigenvalue weighted by Crippen LogP contribution is -2.44. The highest BCUT2D eigenvalue weighted by atomic mass is 16.5. The van der Waals surface area contributed by atoms with E-state index in [9.17, 15) is 4.79 Å². The van der Waals surface area contributed by atoms with Crippen LogP contribution in [-0.2, 0) is 4.74 Å². The van der Waals surface area contributed by atoms with Gasteiger partial charge >= 0.3 is 6.03 Å². The molecule has 1 saturated carbocycles. The van der Waals surface area contributed by atoms with Crippen molar-refractivity contribution in [1.29, 1.82) is 0 Å². The number of ether oxygens (including phenoxy) is 1. The molecule has 2 N–H and O–H groups in total. The van der Waals surface area contributed by atoms with Gasteiger partial charge in [-0.05, 0) is 24.8 Å². The lowest BCUT2D eigenvalue weighted by atomic mass is 9.96. The number of nitrogens with zero attached hydrogens (tertiary/aromatic N) is 1. The number of hydrogen-bond acceptors (Lipinski definition) is 3. The predicted octanol–water partition coefficient (Wildman–Crippen LogP) is 3.08. The molecule has 1 aromatic carbocycles. The smallest absolute Gasteiger partial charge is 0.315 e. The summed E-state index contributed by atoms with van der Waals surface area (Å²) in [4.78, 5) is 14.4.